The molecule has 16 heavy (non-hydrogen) atoms. The molecular weight excluding hydrogens is 204 g/mol. The highest BCUT2D eigenvalue weighted by molar-refractivity contribution is 5.27. The summed E-state index contributed by atoms with van der Waals surface area (Å²) < 4.78 is 5.52. The molecule has 0 aliphatic carbocycles. The van der Waals surface area contributed by atoms with E-state index < -0.39 is 5.60 Å². The maximum absolute atomic E-state index is 10.2. The van der Waals surface area contributed by atoms with Crippen LogP contribution in [-0.2, 0) is 5.60 Å². The Balaban J connectivity index is 2.89. The van der Waals surface area contributed by atoms with Gasteiger partial charge in [-0.1, -0.05) is 0 Å². The van der Waals surface area contributed by atoms with Gasteiger partial charge in [-0.2, -0.15) is 0 Å². The zero-order chi connectivity index (χ0) is 12.2. The molecule has 0 aliphatic rings. The maximum Gasteiger partial charge on any atom is 0.138 e. The third kappa shape index (κ3) is 3.47. The van der Waals surface area contributed by atoms with E-state index in [0.29, 0.717) is 18.7 Å². The molecule has 1 rings (SSSR count). The van der Waals surface area contributed by atoms with Crippen LogP contribution in [0, 0.1) is 0 Å². The molecule has 0 aromatic carbocycles. The topological polar surface area (TPSA) is 68.4 Å². The molecule has 1 atom stereocenters. The fraction of sp³-hybridized carbons (Fsp3) is 0.583. The standard InChI is InChI=1S/C12H20N2O2/c1-9(2)16-11-6-10(7-14-8-11)12(3,15)4-5-13/h6-9,15H,4-5,13H2,1-3H3. The van der Waals surface area contributed by atoms with E-state index >= 15 is 0 Å². The molecule has 0 amide bonds. The summed E-state index contributed by atoms with van der Waals surface area (Å²) in [6.07, 6.45) is 3.88. The second-order valence-corrected chi connectivity index (χ2v) is 4.39. The Labute approximate surface area is 96.5 Å². The number of ether oxygens (including phenoxy) is 1. The van der Waals surface area contributed by atoms with Crippen LogP contribution in [-0.4, -0.2) is 22.7 Å². The van der Waals surface area contributed by atoms with E-state index in [1.807, 2.05) is 19.9 Å². The van der Waals surface area contributed by atoms with Gasteiger partial charge in [0.1, 0.15) is 5.75 Å². The first-order chi connectivity index (χ1) is 7.45. The van der Waals surface area contributed by atoms with Crippen LogP contribution in [0.1, 0.15) is 32.8 Å². The quantitative estimate of drug-likeness (QED) is 0.793. The van der Waals surface area contributed by atoms with Crippen LogP contribution in [0.25, 0.3) is 0 Å². The summed E-state index contributed by atoms with van der Waals surface area (Å²) >= 11 is 0. The van der Waals surface area contributed by atoms with Crippen LogP contribution in [0.4, 0.5) is 0 Å². The Morgan fingerprint density at radius 1 is 1.50 bits per heavy atom. The summed E-state index contributed by atoms with van der Waals surface area (Å²) in [5.41, 5.74) is 5.25. The zero-order valence-corrected chi connectivity index (χ0v) is 10.1. The first-order valence-corrected chi connectivity index (χ1v) is 5.50. The van der Waals surface area contributed by atoms with E-state index in [2.05, 4.69) is 4.98 Å². The van der Waals surface area contributed by atoms with Crippen molar-refractivity contribution in [3.63, 3.8) is 0 Å². The Morgan fingerprint density at radius 3 is 2.75 bits per heavy atom. The SMILES string of the molecule is CC(C)Oc1cncc(C(C)(O)CCN)c1. The summed E-state index contributed by atoms with van der Waals surface area (Å²) in [6, 6.07) is 1.81. The Kier molecular flexibility index (Phi) is 4.26. The van der Waals surface area contributed by atoms with Gasteiger partial charge in [-0.15, -0.1) is 0 Å². The average Bonchev–Trinajstić information content (AvgIpc) is 2.17. The van der Waals surface area contributed by atoms with Crippen molar-refractivity contribution in [3.05, 3.63) is 24.0 Å². The normalized spacial score (nSPS) is 14.9. The maximum atomic E-state index is 10.2. The van der Waals surface area contributed by atoms with Gasteiger partial charge >= 0.3 is 0 Å². The average molecular weight is 224 g/mol. The number of hydrogen-bond acceptors (Lipinski definition) is 4. The molecule has 90 valence electrons. The minimum absolute atomic E-state index is 0.0940. The smallest absolute Gasteiger partial charge is 0.138 e. The molecule has 4 heteroatoms. The molecule has 0 spiro atoms. The van der Waals surface area contributed by atoms with Crippen molar-refractivity contribution in [2.24, 2.45) is 5.73 Å². The first-order valence-electron chi connectivity index (χ1n) is 5.50. The molecule has 0 radical (unpaired) electrons. The van der Waals surface area contributed by atoms with E-state index in [0.717, 1.165) is 5.56 Å². The van der Waals surface area contributed by atoms with E-state index in [1.54, 1.807) is 19.3 Å². The third-order valence-corrected chi connectivity index (χ3v) is 2.34. The van der Waals surface area contributed by atoms with Crippen molar-refractivity contribution in [1.82, 2.24) is 4.98 Å². The minimum Gasteiger partial charge on any atom is -0.489 e. The second kappa shape index (κ2) is 5.27. The van der Waals surface area contributed by atoms with Gasteiger partial charge in [0, 0.05) is 11.8 Å². The monoisotopic (exact) mass is 224 g/mol. The van der Waals surface area contributed by atoms with Crippen LogP contribution in [0.3, 0.4) is 0 Å². The largest absolute Gasteiger partial charge is 0.489 e. The van der Waals surface area contributed by atoms with Crippen molar-refractivity contribution in [1.29, 1.82) is 0 Å². The molecule has 1 unspecified atom stereocenters. The molecule has 1 heterocycles. The molecule has 0 bridgehead atoms. The van der Waals surface area contributed by atoms with Crippen LogP contribution >= 0.6 is 0 Å². The highest BCUT2D eigenvalue weighted by Crippen LogP contribution is 2.26. The second-order valence-electron chi connectivity index (χ2n) is 4.39. The van der Waals surface area contributed by atoms with Crippen molar-refractivity contribution in [2.45, 2.75) is 38.9 Å². The van der Waals surface area contributed by atoms with Crippen molar-refractivity contribution < 1.29 is 9.84 Å². The summed E-state index contributed by atoms with van der Waals surface area (Å²) in [5, 5.41) is 10.2. The lowest BCUT2D eigenvalue weighted by atomic mass is 9.94. The number of nitrogens with two attached hydrogens (primary N) is 1. The fourth-order valence-corrected chi connectivity index (χ4v) is 1.48. The predicted octanol–water partition coefficient (Wildman–Crippen LogP) is 1.43. The third-order valence-electron chi connectivity index (χ3n) is 2.34. The van der Waals surface area contributed by atoms with Crippen molar-refractivity contribution in [3.8, 4) is 5.75 Å². The Bertz CT molecular complexity index is 338. The number of hydrogen-bond donors (Lipinski definition) is 2. The fourth-order valence-electron chi connectivity index (χ4n) is 1.48. The molecule has 0 saturated carbocycles. The van der Waals surface area contributed by atoms with Crippen molar-refractivity contribution >= 4 is 0 Å². The highest BCUT2D eigenvalue weighted by atomic mass is 16.5. The van der Waals surface area contributed by atoms with Gasteiger partial charge in [0.25, 0.3) is 0 Å². The Hall–Kier alpha value is -1.13. The van der Waals surface area contributed by atoms with Gasteiger partial charge < -0.3 is 15.6 Å². The Morgan fingerprint density at radius 2 is 2.19 bits per heavy atom. The summed E-state index contributed by atoms with van der Waals surface area (Å²) in [7, 11) is 0. The van der Waals surface area contributed by atoms with Crippen LogP contribution < -0.4 is 10.5 Å². The van der Waals surface area contributed by atoms with Gasteiger partial charge in [-0.05, 0) is 39.8 Å². The van der Waals surface area contributed by atoms with Gasteiger partial charge in [0.2, 0.25) is 0 Å². The van der Waals surface area contributed by atoms with E-state index in [9.17, 15) is 5.11 Å². The summed E-state index contributed by atoms with van der Waals surface area (Å²) in [4.78, 5) is 4.06. The predicted molar refractivity (Wildman–Crippen MR) is 63.2 cm³/mol. The lowest BCUT2D eigenvalue weighted by molar-refractivity contribution is 0.0496. The van der Waals surface area contributed by atoms with Crippen molar-refractivity contribution in [2.75, 3.05) is 6.54 Å². The number of pyridine rings is 1. The number of nitrogens with zero attached hydrogens (tertiary/aromatic N) is 1. The van der Waals surface area contributed by atoms with E-state index in [-0.39, 0.29) is 6.10 Å². The number of aliphatic hydroxyl groups is 1. The number of rotatable bonds is 5. The molecule has 4 nitrogen and oxygen atoms in total. The summed E-state index contributed by atoms with van der Waals surface area (Å²) in [5.74, 6) is 0.671. The lowest BCUT2D eigenvalue weighted by Crippen LogP contribution is -2.25. The molecule has 1 aromatic rings. The van der Waals surface area contributed by atoms with Gasteiger partial charge in [0.05, 0.1) is 17.9 Å². The molecule has 0 aliphatic heterocycles. The summed E-state index contributed by atoms with van der Waals surface area (Å²) in [6.45, 7) is 6.06. The van der Waals surface area contributed by atoms with Crippen LogP contribution in [0.15, 0.2) is 18.5 Å². The molecule has 0 saturated heterocycles. The molecule has 3 N–H and O–H groups in total. The van der Waals surface area contributed by atoms with E-state index in [4.69, 9.17) is 10.5 Å². The lowest BCUT2D eigenvalue weighted by Gasteiger charge is -2.23. The number of aromatic nitrogens is 1. The molecule has 1 aromatic heterocycles. The minimum atomic E-state index is -0.946. The highest BCUT2D eigenvalue weighted by Gasteiger charge is 2.22. The van der Waals surface area contributed by atoms with Crippen LogP contribution in [0.5, 0.6) is 5.75 Å². The molecule has 0 fully saturated rings. The zero-order valence-electron chi connectivity index (χ0n) is 10.1. The van der Waals surface area contributed by atoms with E-state index in [1.165, 1.54) is 0 Å². The molecular formula is C12H20N2O2. The van der Waals surface area contributed by atoms with Crippen LogP contribution in [0.2, 0.25) is 0 Å². The van der Waals surface area contributed by atoms with Gasteiger partial charge in [-0.3, -0.25) is 4.98 Å². The van der Waals surface area contributed by atoms with Gasteiger partial charge in [-0.25, -0.2) is 0 Å². The first kappa shape index (κ1) is 12.9. The van der Waals surface area contributed by atoms with Gasteiger partial charge in [0.15, 0.2) is 0 Å².